The molecule has 1 saturated heterocycles. The Morgan fingerprint density at radius 3 is 2.73 bits per heavy atom. The Balaban J connectivity index is 1.96. The van der Waals surface area contributed by atoms with Crippen LogP contribution in [0.15, 0.2) is 0 Å². The van der Waals surface area contributed by atoms with Crippen molar-refractivity contribution in [2.45, 2.75) is 33.1 Å². The second-order valence-corrected chi connectivity index (χ2v) is 5.57. The smallest absolute Gasteiger partial charge is 0.228 e. The van der Waals surface area contributed by atoms with Crippen LogP contribution >= 0.6 is 0 Å². The van der Waals surface area contributed by atoms with E-state index >= 15 is 0 Å². The van der Waals surface area contributed by atoms with Crippen molar-refractivity contribution in [2.75, 3.05) is 19.6 Å². The highest BCUT2D eigenvalue weighted by Crippen LogP contribution is 2.47. The van der Waals surface area contributed by atoms with Gasteiger partial charge in [-0.3, -0.25) is 4.79 Å². The topological polar surface area (TPSA) is 46.3 Å². The van der Waals surface area contributed by atoms with Gasteiger partial charge in [-0.15, -0.1) is 0 Å². The molecule has 2 aliphatic rings. The molecule has 2 rings (SSSR count). The van der Waals surface area contributed by atoms with Gasteiger partial charge in [-0.1, -0.05) is 13.8 Å². The molecule has 0 radical (unpaired) electrons. The highest BCUT2D eigenvalue weighted by atomic mass is 16.2. The summed E-state index contributed by atoms with van der Waals surface area (Å²) in [6.07, 6.45) is 3.26. The molecule has 1 saturated carbocycles. The van der Waals surface area contributed by atoms with Gasteiger partial charge in [-0.05, 0) is 37.6 Å². The minimum atomic E-state index is -0.0142. The summed E-state index contributed by atoms with van der Waals surface area (Å²) in [5.74, 6) is 1.55. The van der Waals surface area contributed by atoms with E-state index in [1.54, 1.807) is 0 Å². The number of piperidine rings is 1. The van der Waals surface area contributed by atoms with E-state index in [1.165, 1.54) is 0 Å². The first kappa shape index (κ1) is 10.9. The zero-order valence-electron chi connectivity index (χ0n) is 9.83. The van der Waals surface area contributed by atoms with Crippen molar-refractivity contribution in [1.82, 2.24) is 4.90 Å². The van der Waals surface area contributed by atoms with E-state index in [0.717, 1.165) is 32.4 Å². The van der Waals surface area contributed by atoms with Crippen LogP contribution in [0, 0.1) is 17.3 Å². The Morgan fingerprint density at radius 2 is 2.20 bits per heavy atom. The van der Waals surface area contributed by atoms with Crippen molar-refractivity contribution >= 4 is 5.91 Å². The van der Waals surface area contributed by atoms with Crippen LogP contribution in [-0.2, 0) is 4.79 Å². The van der Waals surface area contributed by atoms with Crippen LogP contribution in [0.1, 0.15) is 33.1 Å². The lowest BCUT2D eigenvalue weighted by molar-refractivity contribution is -0.138. The minimum absolute atomic E-state index is 0.0142. The highest BCUT2D eigenvalue weighted by Gasteiger charge is 2.47. The first-order valence-corrected chi connectivity index (χ1v) is 6.06. The fourth-order valence-electron chi connectivity index (χ4n) is 2.42. The first-order chi connectivity index (χ1) is 7.07. The number of amides is 1. The maximum absolute atomic E-state index is 12.1. The molecule has 1 heterocycles. The SMILES string of the molecule is CC1CCN(C(=O)C2(C)CC2)CC1CN. The molecule has 0 bridgehead atoms. The summed E-state index contributed by atoms with van der Waals surface area (Å²) in [5.41, 5.74) is 5.73. The van der Waals surface area contributed by atoms with Crippen LogP contribution in [-0.4, -0.2) is 30.4 Å². The Labute approximate surface area is 92.0 Å². The molecule has 3 heteroatoms. The van der Waals surface area contributed by atoms with Gasteiger partial charge in [-0.2, -0.15) is 0 Å². The van der Waals surface area contributed by atoms with E-state index in [0.29, 0.717) is 24.3 Å². The lowest BCUT2D eigenvalue weighted by atomic mass is 9.86. The molecular weight excluding hydrogens is 188 g/mol. The third-order valence-corrected chi connectivity index (χ3v) is 4.22. The fraction of sp³-hybridized carbons (Fsp3) is 0.917. The first-order valence-electron chi connectivity index (χ1n) is 6.06. The maximum atomic E-state index is 12.1. The summed E-state index contributed by atoms with van der Waals surface area (Å²) in [4.78, 5) is 14.2. The quantitative estimate of drug-likeness (QED) is 0.745. The molecule has 86 valence electrons. The molecule has 3 nitrogen and oxygen atoms in total. The number of carbonyl (C=O) groups excluding carboxylic acids is 1. The molecule has 0 spiro atoms. The summed E-state index contributed by atoms with van der Waals surface area (Å²) < 4.78 is 0. The summed E-state index contributed by atoms with van der Waals surface area (Å²) in [5, 5.41) is 0. The predicted molar refractivity (Wildman–Crippen MR) is 60.2 cm³/mol. The van der Waals surface area contributed by atoms with E-state index in [2.05, 4.69) is 13.8 Å². The van der Waals surface area contributed by atoms with Crippen molar-refractivity contribution in [3.8, 4) is 0 Å². The average Bonchev–Trinajstić information content (AvgIpc) is 2.97. The third-order valence-electron chi connectivity index (χ3n) is 4.22. The van der Waals surface area contributed by atoms with E-state index in [4.69, 9.17) is 5.73 Å². The van der Waals surface area contributed by atoms with E-state index in [1.807, 2.05) is 4.90 Å². The molecule has 15 heavy (non-hydrogen) atoms. The average molecular weight is 210 g/mol. The van der Waals surface area contributed by atoms with Gasteiger partial charge in [0.1, 0.15) is 0 Å². The molecule has 2 fully saturated rings. The molecule has 2 unspecified atom stereocenters. The van der Waals surface area contributed by atoms with Crippen LogP contribution in [0.3, 0.4) is 0 Å². The van der Waals surface area contributed by atoms with Crippen LogP contribution in [0.5, 0.6) is 0 Å². The van der Waals surface area contributed by atoms with Crippen LogP contribution in [0.4, 0.5) is 0 Å². The molecule has 1 amide bonds. The van der Waals surface area contributed by atoms with Gasteiger partial charge in [0, 0.05) is 18.5 Å². The van der Waals surface area contributed by atoms with Crippen LogP contribution in [0.25, 0.3) is 0 Å². The van der Waals surface area contributed by atoms with Crippen molar-refractivity contribution < 1.29 is 4.79 Å². The summed E-state index contributed by atoms with van der Waals surface area (Å²) in [7, 11) is 0. The number of hydrogen-bond acceptors (Lipinski definition) is 2. The molecule has 1 aliphatic carbocycles. The van der Waals surface area contributed by atoms with Crippen LogP contribution in [0.2, 0.25) is 0 Å². The fourth-order valence-corrected chi connectivity index (χ4v) is 2.42. The maximum Gasteiger partial charge on any atom is 0.228 e. The summed E-state index contributed by atoms with van der Waals surface area (Å²) in [6, 6.07) is 0. The zero-order chi connectivity index (χ0) is 11.1. The van der Waals surface area contributed by atoms with Crippen molar-refractivity contribution in [3.05, 3.63) is 0 Å². The van der Waals surface area contributed by atoms with Gasteiger partial charge in [0.2, 0.25) is 5.91 Å². The zero-order valence-corrected chi connectivity index (χ0v) is 9.83. The Kier molecular flexibility index (Phi) is 2.75. The highest BCUT2D eigenvalue weighted by molar-refractivity contribution is 5.85. The van der Waals surface area contributed by atoms with Gasteiger partial charge in [-0.25, -0.2) is 0 Å². The monoisotopic (exact) mass is 210 g/mol. The second kappa shape index (κ2) is 3.78. The largest absolute Gasteiger partial charge is 0.342 e. The molecule has 0 aromatic carbocycles. The van der Waals surface area contributed by atoms with Gasteiger partial charge in [0.15, 0.2) is 0 Å². The number of carbonyl (C=O) groups is 1. The normalized spacial score (nSPS) is 33.9. The number of likely N-dealkylation sites (tertiary alicyclic amines) is 1. The summed E-state index contributed by atoms with van der Waals surface area (Å²) in [6.45, 7) is 6.86. The Morgan fingerprint density at radius 1 is 1.53 bits per heavy atom. The molecular formula is C12H22N2O. The molecule has 2 atom stereocenters. The molecule has 1 aliphatic heterocycles. The minimum Gasteiger partial charge on any atom is -0.342 e. The Hall–Kier alpha value is -0.570. The van der Waals surface area contributed by atoms with Gasteiger partial charge >= 0.3 is 0 Å². The van der Waals surface area contributed by atoms with Crippen molar-refractivity contribution in [1.29, 1.82) is 0 Å². The predicted octanol–water partition coefficient (Wildman–Crippen LogP) is 1.23. The van der Waals surface area contributed by atoms with Crippen molar-refractivity contribution in [2.24, 2.45) is 23.0 Å². The van der Waals surface area contributed by atoms with E-state index in [9.17, 15) is 4.79 Å². The second-order valence-electron chi connectivity index (χ2n) is 5.57. The summed E-state index contributed by atoms with van der Waals surface area (Å²) >= 11 is 0. The van der Waals surface area contributed by atoms with Crippen LogP contribution < -0.4 is 5.73 Å². The van der Waals surface area contributed by atoms with E-state index < -0.39 is 0 Å². The van der Waals surface area contributed by atoms with Gasteiger partial charge in [0.25, 0.3) is 0 Å². The number of rotatable bonds is 2. The Bertz CT molecular complexity index is 260. The number of nitrogens with two attached hydrogens (primary N) is 1. The molecule has 0 aromatic rings. The standard InChI is InChI=1S/C12H22N2O/c1-9-3-6-14(8-10(9)7-13)11(15)12(2)4-5-12/h9-10H,3-8,13H2,1-2H3. The van der Waals surface area contributed by atoms with E-state index in [-0.39, 0.29) is 5.41 Å². The number of nitrogens with zero attached hydrogens (tertiary/aromatic N) is 1. The third kappa shape index (κ3) is 2.03. The lowest BCUT2D eigenvalue weighted by Gasteiger charge is -2.37. The molecule has 2 N–H and O–H groups in total. The molecule has 0 aromatic heterocycles. The number of hydrogen-bond donors (Lipinski definition) is 1. The van der Waals surface area contributed by atoms with Crippen molar-refractivity contribution in [3.63, 3.8) is 0 Å². The lowest BCUT2D eigenvalue weighted by Crippen LogP contribution is -2.47. The van der Waals surface area contributed by atoms with Gasteiger partial charge < -0.3 is 10.6 Å². The van der Waals surface area contributed by atoms with Gasteiger partial charge in [0.05, 0.1) is 0 Å².